The molecule has 3 heterocycles. The average Bonchev–Trinajstić information content (AvgIpc) is 3.12. The molecule has 0 saturated carbocycles. The molecule has 180 valence electrons. The highest BCUT2D eigenvalue weighted by atomic mass is 19.1. The summed E-state index contributed by atoms with van der Waals surface area (Å²) < 4.78 is 15.1. The van der Waals surface area contributed by atoms with Gasteiger partial charge in [-0.1, -0.05) is 42.5 Å². The van der Waals surface area contributed by atoms with Crippen LogP contribution in [0.3, 0.4) is 0 Å². The molecule has 0 bridgehead atoms. The largest absolute Gasteiger partial charge is 0.304 e. The summed E-state index contributed by atoms with van der Waals surface area (Å²) in [5, 5.41) is 0. The molecule has 2 aliphatic rings. The molecule has 1 unspecified atom stereocenters. The maximum Gasteiger partial charge on any atom is 0.273 e. The predicted octanol–water partition coefficient (Wildman–Crippen LogP) is 4.23. The van der Waals surface area contributed by atoms with Crippen molar-refractivity contribution in [2.24, 2.45) is 4.99 Å². The molecule has 37 heavy (non-hydrogen) atoms. The number of halogens is 1. The third kappa shape index (κ3) is 3.70. The van der Waals surface area contributed by atoms with Crippen molar-refractivity contribution in [3.8, 4) is 0 Å². The fraction of sp³-hybridized carbons (Fsp3) is 0.0690. The number of aliphatic imine (C=N–C) groups is 1. The summed E-state index contributed by atoms with van der Waals surface area (Å²) in [6, 6.07) is 23.1. The molecule has 0 radical (unpaired) electrons. The first-order chi connectivity index (χ1) is 18.0. The third-order valence-electron chi connectivity index (χ3n) is 6.48. The van der Waals surface area contributed by atoms with Crippen molar-refractivity contribution in [1.29, 1.82) is 0 Å². The van der Waals surface area contributed by atoms with Gasteiger partial charge in [0.1, 0.15) is 5.82 Å². The van der Waals surface area contributed by atoms with E-state index in [2.05, 4.69) is 9.98 Å². The summed E-state index contributed by atoms with van der Waals surface area (Å²) >= 11 is 0. The molecule has 4 aromatic rings. The van der Waals surface area contributed by atoms with Gasteiger partial charge in [0.05, 0.1) is 29.1 Å². The van der Waals surface area contributed by atoms with Gasteiger partial charge in [-0.05, 0) is 48.0 Å². The molecular formula is C29H19FN4O3. The number of nitrogens with zero attached hydrogens (tertiary/aromatic N) is 4. The lowest BCUT2D eigenvalue weighted by atomic mass is 9.99. The van der Waals surface area contributed by atoms with E-state index < -0.39 is 29.7 Å². The standard InChI is InChI=1S/C29H19FN4O3/c30-23-11-5-3-9-21(23)25-22-10-4-6-12-24(22)33(17-18-13-15-31-16-14-18)29(37)26(32-25)34-27(35)19-7-1-2-8-20(19)28(34)36/h1-16,26H,17H2. The minimum Gasteiger partial charge on any atom is -0.304 e. The van der Waals surface area contributed by atoms with Crippen molar-refractivity contribution in [2.75, 3.05) is 4.90 Å². The molecule has 0 spiro atoms. The van der Waals surface area contributed by atoms with Crippen LogP contribution in [-0.4, -0.2) is 39.5 Å². The van der Waals surface area contributed by atoms with Crippen LogP contribution in [0.4, 0.5) is 10.1 Å². The molecule has 0 fully saturated rings. The number of anilines is 1. The number of fused-ring (bicyclic) bond motifs is 2. The highest BCUT2D eigenvalue weighted by Crippen LogP contribution is 2.34. The second-order valence-corrected chi connectivity index (χ2v) is 8.65. The maximum atomic E-state index is 15.1. The van der Waals surface area contributed by atoms with Gasteiger partial charge >= 0.3 is 0 Å². The van der Waals surface area contributed by atoms with E-state index in [9.17, 15) is 14.4 Å². The van der Waals surface area contributed by atoms with Crippen LogP contribution in [0.2, 0.25) is 0 Å². The first-order valence-electron chi connectivity index (χ1n) is 11.6. The monoisotopic (exact) mass is 490 g/mol. The zero-order valence-electron chi connectivity index (χ0n) is 19.4. The molecule has 1 aromatic heterocycles. The van der Waals surface area contributed by atoms with Crippen molar-refractivity contribution < 1.29 is 18.8 Å². The number of para-hydroxylation sites is 1. The van der Waals surface area contributed by atoms with Crippen LogP contribution in [0.5, 0.6) is 0 Å². The van der Waals surface area contributed by atoms with Crippen LogP contribution >= 0.6 is 0 Å². The number of amides is 3. The lowest BCUT2D eigenvalue weighted by Crippen LogP contribution is -2.49. The van der Waals surface area contributed by atoms with E-state index in [0.717, 1.165) is 10.5 Å². The fourth-order valence-corrected chi connectivity index (χ4v) is 4.71. The predicted molar refractivity (Wildman–Crippen MR) is 135 cm³/mol. The molecule has 0 aliphatic carbocycles. The van der Waals surface area contributed by atoms with Gasteiger partial charge in [0.2, 0.25) is 6.17 Å². The van der Waals surface area contributed by atoms with Gasteiger partial charge in [0.25, 0.3) is 17.7 Å². The van der Waals surface area contributed by atoms with Crippen LogP contribution < -0.4 is 4.90 Å². The maximum absolute atomic E-state index is 15.1. The smallest absolute Gasteiger partial charge is 0.273 e. The minimum absolute atomic E-state index is 0.137. The van der Waals surface area contributed by atoms with Crippen LogP contribution in [0, 0.1) is 5.82 Å². The summed E-state index contributed by atoms with van der Waals surface area (Å²) in [4.78, 5) is 52.0. The second-order valence-electron chi connectivity index (χ2n) is 8.65. The minimum atomic E-state index is -1.53. The van der Waals surface area contributed by atoms with E-state index >= 15 is 4.39 Å². The van der Waals surface area contributed by atoms with Crippen molar-refractivity contribution >= 4 is 29.1 Å². The van der Waals surface area contributed by atoms with Gasteiger partial charge in [-0.25, -0.2) is 14.3 Å². The number of hydrogen-bond acceptors (Lipinski definition) is 5. The quantitative estimate of drug-likeness (QED) is 0.401. The Morgan fingerprint density at radius 3 is 1.92 bits per heavy atom. The van der Waals surface area contributed by atoms with Gasteiger partial charge in [0, 0.05) is 23.5 Å². The molecule has 8 heteroatoms. The Morgan fingerprint density at radius 2 is 1.27 bits per heavy atom. The van der Waals surface area contributed by atoms with E-state index in [1.54, 1.807) is 91.3 Å². The van der Waals surface area contributed by atoms with Gasteiger partial charge in [-0.3, -0.25) is 19.4 Å². The molecule has 0 N–H and O–H groups in total. The Morgan fingerprint density at radius 1 is 0.703 bits per heavy atom. The number of rotatable bonds is 4. The van der Waals surface area contributed by atoms with Gasteiger partial charge < -0.3 is 4.90 Å². The van der Waals surface area contributed by atoms with E-state index in [-0.39, 0.29) is 28.9 Å². The summed E-state index contributed by atoms with van der Waals surface area (Å²) in [5.74, 6) is -2.35. The third-order valence-corrected chi connectivity index (χ3v) is 6.48. The zero-order chi connectivity index (χ0) is 25.5. The lowest BCUT2D eigenvalue weighted by Gasteiger charge is -2.28. The molecule has 6 rings (SSSR count). The number of carbonyl (C=O) groups is 3. The zero-order valence-corrected chi connectivity index (χ0v) is 19.4. The Bertz CT molecular complexity index is 1570. The highest BCUT2D eigenvalue weighted by Gasteiger charge is 2.46. The lowest BCUT2D eigenvalue weighted by molar-refractivity contribution is -0.122. The van der Waals surface area contributed by atoms with Crippen molar-refractivity contribution in [1.82, 2.24) is 9.88 Å². The Hall–Kier alpha value is -4.98. The van der Waals surface area contributed by atoms with Crippen LogP contribution in [0.1, 0.15) is 37.4 Å². The van der Waals surface area contributed by atoms with Crippen LogP contribution in [0.15, 0.2) is 102 Å². The first-order valence-corrected chi connectivity index (χ1v) is 11.6. The average molecular weight is 490 g/mol. The molecule has 0 saturated heterocycles. The number of aromatic nitrogens is 1. The number of pyridine rings is 1. The van der Waals surface area contributed by atoms with Crippen LogP contribution in [-0.2, 0) is 11.3 Å². The van der Waals surface area contributed by atoms with Crippen LogP contribution in [0.25, 0.3) is 0 Å². The van der Waals surface area contributed by atoms with E-state index in [0.29, 0.717) is 11.3 Å². The topological polar surface area (TPSA) is 82.9 Å². The summed E-state index contributed by atoms with van der Waals surface area (Å²) in [7, 11) is 0. The number of benzene rings is 3. The Kier molecular flexibility index (Phi) is 5.41. The second kappa shape index (κ2) is 8.91. The highest BCUT2D eigenvalue weighted by molar-refractivity contribution is 6.25. The first kappa shape index (κ1) is 22.5. The Balaban J connectivity index is 1.57. The van der Waals surface area contributed by atoms with Gasteiger partial charge in [-0.2, -0.15) is 0 Å². The molecule has 3 amide bonds. The molecule has 2 aliphatic heterocycles. The number of benzodiazepines with no additional fused rings is 1. The van der Waals surface area contributed by atoms with E-state index in [4.69, 9.17) is 0 Å². The summed E-state index contributed by atoms with van der Waals surface area (Å²) in [6.45, 7) is 0.137. The molecule has 3 aromatic carbocycles. The van der Waals surface area contributed by atoms with Gasteiger partial charge in [-0.15, -0.1) is 0 Å². The van der Waals surface area contributed by atoms with E-state index in [1.807, 2.05) is 0 Å². The summed E-state index contributed by atoms with van der Waals surface area (Å²) in [6.07, 6.45) is 1.70. The molecule has 1 atom stereocenters. The molecular weight excluding hydrogens is 471 g/mol. The number of imide groups is 1. The Labute approximate surface area is 211 Å². The summed E-state index contributed by atoms with van der Waals surface area (Å²) in [5.41, 5.74) is 2.53. The van der Waals surface area contributed by atoms with Crippen molar-refractivity contribution in [3.63, 3.8) is 0 Å². The van der Waals surface area contributed by atoms with E-state index in [1.165, 1.54) is 11.0 Å². The van der Waals surface area contributed by atoms with Crippen molar-refractivity contribution in [2.45, 2.75) is 12.7 Å². The normalized spacial score (nSPS) is 16.8. The SMILES string of the molecule is O=C1C(N2C(=O)c3ccccc3C2=O)N=C(c2ccccc2F)c2ccccc2N1Cc1ccncc1. The fourth-order valence-electron chi connectivity index (χ4n) is 4.71. The molecule has 7 nitrogen and oxygen atoms in total. The van der Waals surface area contributed by atoms with Gasteiger partial charge in [0.15, 0.2) is 0 Å². The number of hydrogen-bond donors (Lipinski definition) is 0. The number of carbonyl (C=O) groups excluding carboxylic acids is 3. The van der Waals surface area contributed by atoms with Crippen molar-refractivity contribution in [3.05, 3.63) is 131 Å².